The van der Waals surface area contributed by atoms with Crippen molar-refractivity contribution in [3.63, 3.8) is 0 Å². The third-order valence-electron chi connectivity index (χ3n) is 3.52. The van der Waals surface area contributed by atoms with E-state index in [4.69, 9.17) is 11.5 Å². The van der Waals surface area contributed by atoms with E-state index >= 15 is 0 Å². The van der Waals surface area contributed by atoms with Crippen LogP contribution in [0.5, 0.6) is 0 Å². The van der Waals surface area contributed by atoms with E-state index in [1.807, 2.05) is 0 Å². The molecule has 0 spiro atoms. The van der Waals surface area contributed by atoms with Gasteiger partial charge in [-0.3, -0.25) is 14.4 Å². The van der Waals surface area contributed by atoms with Crippen molar-refractivity contribution in [2.75, 3.05) is 6.54 Å². The first kappa shape index (κ1) is 21.4. The van der Waals surface area contributed by atoms with Crippen LogP contribution < -0.4 is 16.8 Å². The summed E-state index contributed by atoms with van der Waals surface area (Å²) in [5, 5.41) is 2.40. The molecule has 9 heteroatoms. The zero-order chi connectivity index (χ0) is 19.9. The number of hydrogen-bond donors (Lipinski definition) is 3. The fourth-order valence-corrected chi connectivity index (χ4v) is 1.92. The number of primary amides is 1. The number of carbonyl (C=O) groups is 3. The molecule has 0 bridgehead atoms. The molecule has 0 saturated heterocycles. The molecule has 7 nitrogen and oxygen atoms in total. The number of aliphatic imine (C=N–C) groups is 1. The van der Waals surface area contributed by atoms with Crippen molar-refractivity contribution < 1.29 is 23.2 Å². The first-order valence-corrected chi connectivity index (χ1v) is 7.93. The third-order valence-corrected chi connectivity index (χ3v) is 3.52. The van der Waals surface area contributed by atoms with Crippen LogP contribution in [0.25, 0.3) is 0 Å². The summed E-state index contributed by atoms with van der Waals surface area (Å²) in [6, 6.07) is 3.04. The Labute approximate surface area is 149 Å². The van der Waals surface area contributed by atoms with Gasteiger partial charge in [-0.1, -0.05) is 6.07 Å². The molecule has 0 radical (unpaired) electrons. The minimum Gasteiger partial charge on any atom is -0.368 e. The van der Waals surface area contributed by atoms with Crippen LogP contribution in [0.4, 0.5) is 8.78 Å². The van der Waals surface area contributed by atoms with E-state index in [1.165, 1.54) is 19.9 Å². The van der Waals surface area contributed by atoms with Gasteiger partial charge in [0.2, 0.25) is 5.91 Å². The number of benzene rings is 1. The van der Waals surface area contributed by atoms with Crippen LogP contribution in [0.15, 0.2) is 23.2 Å². The van der Waals surface area contributed by atoms with Crippen molar-refractivity contribution in [2.24, 2.45) is 16.5 Å². The Morgan fingerprint density at radius 3 is 2.38 bits per heavy atom. The number of carbonyl (C=O) groups excluding carboxylic acids is 3. The molecular formula is C17H22F2N4O3. The molecule has 0 aliphatic carbocycles. The van der Waals surface area contributed by atoms with Crippen LogP contribution in [-0.4, -0.2) is 35.5 Å². The molecule has 0 fully saturated rings. The van der Waals surface area contributed by atoms with Crippen LogP contribution in [0.2, 0.25) is 0 Å². The SMILES string of the molecule is CC(C)(NC(=O)C(CCCN)=NC(=O)Cc1ccc(F)c(F)c1)C(N)=O. The van der Waals surface area contributed by atoms with Crippen LogP contribution >= 0.6 is 0 Å². The van der Waals surface area contributed by atoms with Crippen LogP contribution in [-0.2, 0) is 20.8 Å². The third kappa shape index (κ3) is 6.32. The van der Waals surface area contributed by atoms with Crippen LogP contribution in [0.3, 0.4) is 0 Å². The average Bonchev–Trinajstić information content (AvgIpc) is 2.54. The number of halogens is 2. The molecule has 0 aromatic heterocycles. The predicted molar refractivity (Wildman–Crippen MR) is 92.2 cm³/mol. The van der Waals surface area contributed by atoms with Gasteiger partial charge in [-0.05, 0) is 50.9 Å². The molecule has 1 aromatic rings. The predicted octanol–water partition coefficient (Wildman–Crippen LogP) is 0.594. The van der Waals surface area contributed by atoms with Crippen molar-refractivity contribution in [3.05, 3.63) is 35.4 Å². The maximum absolute atomic E-state index is 13.2. The van der Waals surface area contributed by atoms with Crippen molar-refractivity contribution in [2.45, 2.75) is 38.6 Å². The molecule has 1 rings (SSSR count). The minimum absolute atomic E-state index is 0.112. The summed E-state index contributed by atoms with van der Waals surface area (Å²) in [6.07, 6.45) is 0.193. The van der Waals surface area contributed by atoms with Gasteiger partial charge in [0.25, 0.3) is 11.8 Å². The lowest BCUT2D eigenvalue weighted by atomic mass is 10.0. The first-order valence-electron chi connectivity index (χ1n) is 7.93. The summed E-state index contributed by atoms with van der Waals surface area (Å²) >= 11 is 0. The highest BCUT2D eigenvalue weighted by Crippen LogP contribution is 2.10. The maximum Gasteiger partial charge on any atom is 0.266 e. The molecule has 0 atom stereocenters. The Bertz CT molecular complexity index is 733. The number of rotatable bonds is 8. The fraction of sp³-hybridized carbons (Fsp3) is 0.412. The second kappa shape index (κ2) is 9.14. The topological polar surface area (TPSA) is 128 Å². The second-order valence-corrected chi connectivity index (χ2v) is 6.21. The number of nitrogens with zero attached hydrogens (tertiary/aromatic N) is 1. The quantitative estimate of drug-likeness (QED) is 0.580. The molecule has 142 valence electrons. The van der Waals surface area contributed by atoms with E-state index in [0.29, 0.717) is 6.42 Å². The van der Waals surface area contributed by atoms with Gasteiger partial charge in [0.15, 0.2) is 11.6 Å². The maximum atomic E-state index is 13.2. The summed E-state index contributed by atoms with van der Waals surface area (Å²) in [7, 11) is 0. The highest BCUT2D eigenvalue weighted by Gasteiger charge is 2.28. The Morgan fingerprint density at radius 2 is 1.85 bits per heavy atom. The molecular weight excluding hydrogens is 346 g/mol. The Morgan fingerprint density at radius 1 is 1.19 bits per heavy atom. The number of amides is 3. The van der Waals surface area contributed by atoms with Gasteiger partial charge in [0, 0.05) is 0 Å². The van der Waals surface area contributed by atoms with Gasteiger partial charge in [0.05, 0.1) is 6.42 Å². The molecule has 0 saturated carbocycles. The van der Waals surface area contributed by atoms with E-state index in [-0.39, 0.29) is 30.7 Å². The zero-order valence-corrected chi connectivity index (χ0v) is 14.6. The van der Waals surface area contributed by atoms with E-state index in [2.05, 4.69) is 10.3 Å². The molecule has 0 heterocycles. The summed E-state index contributed by atoms with van der Waals surface area (Å²) in [5.41, 5.74) is 9.39. The summed E-state index contributed by atoms with van der Waals surface area (Å²) in [6.45, 7) is 3.09. The van der Waals surface area contributed by atoms with Gasteiger partial charge in [-0.25, -0.2) is 13.8 Å². The average molecular weight is 368 g/mol. The van der Waals surface area contributed by atoms with E-state index in [0.717, 1.165) is 12.1 Å². The van der Waals surface area contributed by atoms with Crippen LogP contribution in [0, 0.1) is 11.6 Å². The van der Waals surface area contributed by atoms with Crippen molar-refractivity contribution >= 4 is 23.4 Å². The van der Waals surface area contributed by atoms with Crippen molar-refractivity contribution in [1.82, 2.24) is 5.32 Å². The van der Waals surface area contributed by atoms with E-state index in [9.17, 15) is 23.2 Å². The lowest BCUT2D eigenvalue weighted by molar-refractivity contribution is -0.127. The number of nitrogens with one attached hydrogen (secondary N) is 1. The van der Waals surface area contributed by atoms with Crippen LogP contribution in [0.1, 0.15) is 32.3 Å². The van der Waals surface area contributed by atoms with Gasteiger partial charge in [-0.15, -0.1) is 0 Å². The molecule has 0 aliphatic rings. The lowest BCUT2D eigenvalue weighted by Gasteiger charge is -2.22. The van der Waals surface area contributed by atoms with Gasteiger partial charge in [-0.2, -0.15) is 0 Å². The summed E-state index contributed by atoms with van der Waals surface area (Å²) < 4.78 is 26.1. The standard InChI is InChI=1S/C17H22F2N4O3/c1-17(2,16(21)26)23-15(25)13(4-3-7-20)22-14(24)9-10-5-6-11(18)12(19)8-10/h5-6,8H,3-4,7,9,20H2,1-2H3,(H2,21,26)(H,23,25). The first-order chi connectivity index (χ1) is 12.1. The summed E-state index contributed by atoms with van der Waals surface area (Å²) in [4.78, 5) is 39.5. The molecule has 3 amide bonds. The largest absolute Gasteiger partial charge is 0.368 e. The van der Waals surface area contributed by atoms with Gasteiger partial charge in [0.1, 0.15) is 11.3 Å². The highest BCUT2D eigenvalue weighted by atomic mass is 19.2. The monoisotopic (exact) mass is 368 g/mol. The fourth-order valence-electron chi connectivity index (χ4n) is 1.92. The second-order valence-electron chi connectivity index (χ2n) is 6.21. The number of hydrogen-bond acceptors (Lipinski definition) is 4. The molecule has 1 aromatic carbocycles. The van der Waals surface area contributed by atoms with Crippen molar-refractivity contribution in [3.8, 4) is 0 Å². The Hall–Kier alpha value is -2.68. The molecule has 0 unspecified atom stereocenters. The summed E-state index contributed by atoms with van der Waals surface area (Å²) in [5.74, 6) is -4.29. The van der Waals surface area contributed by atoms with E-state index in [1.54, 1.807) is 0 Å². The Kier molecular flexibility index (Phi) is 7.51. The lowest BCUT2D eigenvalue weighted by Crippen LogP contribution is -2.54. The molecule has 26 heavy (non-hydrogen) atoms. The minimum atomic E-state index is -1.33. The van der Waals surface area contributed by atoms with Crippen molar-refractivity contribution in [1.29, 1.82) is 0 Å². The highest BCUT2D eigenvalue weighted by molar-refractivity contribution is 6.40. The zero-order valence-electron chi connectivity index (χ0n) is 14.6. The molecule has 5 N–H and O–H groups in total. The Balaban J connectivity index is 2.95. The molecule has 0 aliphatic heterocycles. The number of nitrogens with two attached hydrogens (primary N) is 2. The smallest absolute Gasteiger partial charge is 0.266 e. The van der Waals surface area contributed by atoms with Gasteiger partial charge < -0.3 is 16.8 Å². The van der Waals surface area contributed by atoms with E-state index < -0.39 is 34.9 Å². The normalized spacial score (nSPS) is 12.0. The van der Waals surface area contributed by atoms with Gasteiger partial charge >= 0.3 is 0 Å².